The van der Waals surface area contributed by atoms with Crippen LogP contribution in [-0.4, -0.2) is 7.11 Å². The SMILES string of the molecule is CCCc1ccc(OC)cc1CC. The van der Waals surface area contributed by atoms with E-state index in [0.717, 1.165) is 12.2 Å². The van der Waals surface area contributed by atoms with Crippen LogP contribution in [0.25, 0.3) is 0 Å². The van der Waals surface area contributed by atoms with E-state index in [9.17, 15) is 0 Å². The standard InChI is InChI=1S/C12H18O/c1-4-6-11-7-8-12(13-3)9-10(11)5-2/h7-9H,4-6H2,1-3H3. The molecule has 0 fully saturated rings. The molecule has 0 bridgehead atoms. The second-order valence-corrected chi connectivity index (χ2v) is 3.24. The Hall–Kier alpha value is -0.980. The van der Waals surface area contributed by atoms with Gasteiger partial charge in [-0.15, -0.1) is 0 Å². The van der Waals surface area contributed by atoms with Crippen molar-refractivity contribution in [1.82, 2.24) is 0 Å². The van der Waals surface area contributed by atoms with Crippen LogP contribution in [-0.2, 0) is 12.8 Å². The van der Waals surface area contributed by atoms with Gasteiger partial charge in [-0.2, -0.15) is 0 Å². The molecule has 0 saturated carbocycles. The van der Waals surface area contributed by atoms with E-state index in [1.54, 1.807) is 7.11 Å². The Morgan fingerprint density at radius 3 is 2.46 bits per heavy atom. The van der Waals surface area contributed by atoms with Crippen molar-refractivity contribution in [3.63, 3.8) is 0 Å². The van der Waals surface area contributed by atoms with Crippen molar-refractivity contribution in [2.24, 2.45) is 0 Å². The largest absolute Gasteiger partial charge is 0.497 e. The molecule has 0 unspecified atom stereocenters. The highest BCUT2D eigenvalue weighted by Crippen LogP contribution is 2.19. The fraction of sp³-hybridized carbons (Fsp3) is 0.500. The first-order valence-electron chi connectivity index (χ1n) is 4.97. The lowest BCUT2D eigenvalue weighted by molar-refractivity contribution is 0.414. The molecular formula is C12H18O. The lowest BCUT2D eigenvalue weighted by Gasteiger charge is -2.08. The highest BCUT2D eigenvalue weighted by Gasteiger charge is 2.01. The average Bonchev–Trinajstić information content (AvgIpc) is 2.19. The Labute approximate surface area is 80.7 Å². The van der Waals surface area contributed by atoms with Gasteiger partial charge in [-0.1, -0.05) is 26.3 Å². The van der Waals surface area contributed by atoms with E-state index in [-0.39, 0.29) is 0 Å². The Kier molecular flexibility index (Phi) is 3.81. The molecule has 0 heterocycles. The molecule has 0 spiro atoms. The van der Waals surface area contributed by atoms with Crippen LogP contribution in [0.2, 0.25) is 0 Å². The van der Waals surface area contributed by atoms with Crippen molar-refractivity contribution >= 4 is 0 Å². The zero-order valence-corrected chi connectivity index (χ0v) is 8.76. The van der Waals surface area contributed by atoms with Crippen LogP contribution in [0.4, 0.5) is 0 Å². The summed E-state index contributed by atoms with van der Waals surface area (Å²) in [7, 11) is 1.72. The van der Waals surface area contributed by atoms with Crippen molar-refractivity contribution < 1.29 is 4.74 Å². The van der Waals surface area contributed by atoms with Crippen molar-refractivity contribution in [3.8, 4) is 5.75 Å². The second kappa shape index (κ2) is 4.90. The Bertz CT molecular complexity index is 266. The molecule has 1 nitrogen and oxygen atoms in total. The lowest BCUT2D eigenvalue weighted by atomic mass is 10.0. The number of methoxy groups -OCH3 is 1. The maximum Gasteiger partial charge on any atom is 0.119 e. The fourth-order valence-corrected chi connectivity index (χ4v) is 1.57. The summed E-state index contributed by atoms with van der Waals surface area (Å²) >= 11 is 0. The summed E-state index contributed by atoms with van der Waals surface area (Å²) in [5, 5.41) is 0. The summed E-state index contributed by atoms with van der Waals surface area (Å²) in [5.74, 6) is 0.969. The van der Waals surface area contributed by atoms with E-state index in [4.69, 9.17) is 4.74 Å². The molecule has 0 aliphatic heterocycles. The minimum absolute atomic E-state index is 0.969. The average molecular weight is 178 g/mol. The van der Waals surface area contributed by atoms with E-state index in [0.29, 0.717) is 0 Å². The van der Waals surface area contributed by atoms with Crippen LogP contribution in [0.15, 0.2) is 18.2 Å². The van der Waals surface area contributed by atoms with Gasteiger partial charge in [-0.05, 0) is 36.1 Å². The molecule has 1 aromatic rings. The first-order chi connectivity index (χ1) is 6.31. The third-order valence-corrected chi connectivity index (χ3v) is 2.31. The summed E-state index contributed by atoms with van der Waals surface area (Å²) in [4.78, 5) is 0. The highest BCUT2D eigenvalue weighted by molar-refractivity contribution is 5.35. The quantitative estimate of drug-likeness (QED) is 0.688. The van der Waals surface area contributed by atoms with E-state index < -0.39 is 0 Å². The van der Waals surface area contributed by atoms with Gasteiger partial charge in [0.25, 0.3) is 0 Å². The van der Waals surface area contributed by atoms with Crippen LogP contribution in [0.3, 0.4) is 0 Å². The lowest BCUT2D eigenvalue weighted by Crippen LogP contribution is -1.93. The maximum atomic E-state index is 5.19. The smallest absolute Gasteiger partial charge is 0.119 e. The van der Waals surface area contributed by atoms with E-state index in [1.807, 2.05) is 6.07 Å². The van der Waals surface area contributed by atoms with Crippen molar-refractivity contribution in [3.05, 3.63) is 29.3 Å². The minimum atomic E-state index is 0.969. The molecule has 0 aromatic heterocycles. The maximum absolute atomic E-state index is 5.19. The van der Waals surface area contributed by atoms with Crippen LogP contribution >= 0.6 is 0 Å². The fourth-order valence-electron chi connectivity index (χ4n) is 1.57. The highest BCUT2D eigenvalue weighted by atomic mass is 16.5. The molecule has 0 radical (unpaired) electrons. The van der Waals surface area contributed by atoms with Crippen LogP contribution in [0.5, 0.6) is 5.75 Å². The van der Waals surface area contributed by atoms with Gasteiger partial charge in [-0.25, -0.2) is 0 Å². The summed E-state index contributed by atoms with van der Waals surface area (Å²) in [6.45, 7) is 4.40. The molecule has 0 saturated heterocycles. The Morgan fingerprint density at radius 2 is 1.92 bits per heavy atom. The van der Waals surface area contributed by atoms with Gasteiger partial charge in [0.1, 0.15) is 5.75 Å². The molecule has 0 N–H and O–H groups in total. The second-order valence-electron chi connectivity index (χ2n) is 3.24. The predicted molar refractivity (Wildman–Crippen MR) is 56.4 cm³/mol. The summed E-state index contributed by atoms with van der Waals surface area (Å²) in [6.07, 6.45) is 3.47. The van der Waals surface area contributed by atoms with Crippen LogP contribution < -0.4 is 4.74 Å². The molecule has 0 aliphatic rings. The van der Waals surface area contributed by atoms with Gasteiger partial charge >= 0.3 is 0 Å². The molecular weight excluding hydrogens is 160 g/mol. The molecule has 0 atom stereocenters. The molecule has 72 valence electrons. The van der Waals surface area contributed by atoms with Crippen molar-refractivity contribution in [2.45, 2.75) is 33.1 Å². The number of ether oxygens (including phenoxy) is 1. The van der Waals surface area contributed by atoms with Crippen molar-refractivity contribution in [1.29, 1.82) is 0 Å². The van der Waals surface area contributed by atoms with Crippen LogP contribution in [0, 0.1) is 0 Å². The number of hydrogen-bond acceptors (Lipinski definition) is 1. The van der Waals surface area contributed by atoms with Crippen molar-refractivity contribution in [2.75, 3.05) is 7.11 Å². The normalized spacial score (nSPS) is 10.1. The number of aryl methyl sites for hydroxylation is 2. The Balaban J connectivity index is 2.93. The Morgan fingerprint density at radius 1 is 1.15 bits per heavy atom. The van der Waals surface area contributed by atoms with E-state index in [2.05, 4.69) is 26.0 Å². The third kappa shape index (κ3) is 2.48. The summed E-state index contributed by atoms with van der Waals surface area (Å²) < 4.78 is 5.19. The zero-order valence-electron chi connectivity index (χ0n) is 8.76. The van der Waals surface area contributed by atoms with Crippen LogP contribution in [0.1, 0.15) is 31.4 Å². The topological polar surface area (TPSA) is 9.23 Å². The van der Waals surface area contributed by atoms with Gasteiger partial charge in [0, 0.05) is 0 Å². The summed E-state index contributed by atoms with van der Waals surface area (Å²) in [6, 6.07) is 6.37. The van der Waals surface area contributed by atoms with Gasteiger partial charge in [0.15, 0.2) is 0 Å². The molecule has 0 aliphatic carbocycles. The van der Waals surface area contributed by atoms with Gasteiger partial charge < -0.3 is 4.74 Å². The zero-order chi connectivity index (χ0) is 9.68. The van der Waals surface area contributed by atoms with E-state index in [1.165, 1.54) is 24.0 Å². The third-order valence-electron chi connectivity index (χ3n) is 2.31. The predicted octanol–water partition coefficient (Wildman–Crippen LogP) is 3.21. The number of benzene rings is 1. The van der Waals surface area contributed by atoms with Gasteiger partial charge in [0.2, 0.25) is 0 Å². The molecule has 1 heteroatoms. The number of rotatable bonds is 4. The summed E-state index contributed by atoms with van der Waals surface area (Å²) in [5.41, 5.74) is 2.88. The first kappa shape index (κ1) is 10.1. The van der Waals surface area contributed by atoms with Gasteiger partial charge in [-0.3, -0.25) is 0 Å². The minimum Gasteiger partial charge on any atom is -0.497 e. The number of hydrogen-bond donors (Lipinski definition) is 0. The molecule has 1 aromatic carbocycles. The molecule has 0 amide bonds. The first-order valence-corrected chi connectivity index (χ1v) is 4.97. The monoisotopic (exact) mass is 178 g/mol. The molecule has 13 heavy (non-hydrogen) atoms. The van der Waals surface area contributed by atoms with E-state index >= 15 is 0 Å². The van der Waals surface area contributed by atoms with Gasteiger partial charge in [0.05, 0.1) is 7.11 Å². The molecule has 1 rings (SSSR count).